The number of hydrogen-bond donors (Lipinski definition) is 6. The third-order valence-corrected chi connectivity index (χ3v) is 4.59. The summed E-state index contributed by atoms with van der Waals surface area (Å²) < 4.78 is 5.96. The molecular formula is C23H46N6O. The van der Waals surface area contributed by atoms with Gasteiger partial charge < -0.3 is 37.5 Å². The molecule has 0 saturated heterocycles. The van der Waals surface area contributed by atoms with Crippen LogP contribution in [0, 0.1) is 0 Å². The predicted octanol–water partition coefficient (Wildman–Crippen LogP) is 1.31. The highest BCUT2D eigenvalue weighted by atomic mass is 16.5. The molecule has 0 spiro atoms. The maximum absolute atomic E-state index is 5.96. The number of nitrogens with two attached hydrogens (primary N) is 2. The van der Waals surface area contributed by atoms with Crippen LogP contribution in [-0.2, 0) is 13.1 Å². The van der Waals surface area contributed by atoms with E-state index in [2.05, 4.69) is 53.3 Å². The molecule has 0 atom stereocenters. The zero-order valence-corrected chi connectivity index (χ0v) is 19.3. The first-order valence-corrected chi connectivity index (χ1v) is 11.7. The minimum absolute atomic E-state index is 0.174. The Labute approximate surface area is 184 Å². The molecule has 0 aliphatic carbocycles. The minimum Gasteiger partial charge on any atom is -0.491 e. The molecule has 30 heavy (non-hydrogen) atoms. The summed E-state index contributed by atoms with van der Waals surface area (Å²) in [5.74, 6) is 0.952. The lowest BCUT2D eigenvalue weighted by Gasteiger charge is -2.15. The van der Waals surface area contributed by atoms with Crippen molar-refractivity contribution in [2.75, 3.05) is 52.4 Å². The van der Waals surface area contributed by atoms with E-state index in [-0.39, 0.29) is 6.10 Å². The summed E-state index contributed by atoms with van der Waals surface area (Å²) in [6, 6.07) is 6.57. The summed E-state index contributed by atoms with van der Waals surface area (Å²) in [7, 11) is 0. The van der Waals surface area contributed by atoms with Gasteiger partial charge in [0.2, 0.25) is 0 Å². The van der Waals surface area contributed by atoms with Crippen molar-refractivity contribution in [3.63, 3.8) is 0 Å². The zero-order chi connectivity index (χ0) is 21.9. The lowest BCUT2D eigenvalue weighted by molar-refractivity contribution is 0.242. The molecule has 0 aliphatic heterocycles. The van der Waals surface area contributed by atoms with Gasteiger partial charge in [-0.2, -0.15) is 0 Å². The van der Waals surface area contributed by atoms with E-state index in [9.17, 15) is 0 Å². The Morgan fingerprint density at radius 2 is 1.10 bits per heavy atom. The van der Waals surface area contributed by atoms with Gasteiger partial charge >= 0.3 is 0 Å². The molecule has 1 aromatic carbocycles. The Morgan fingerprint density at radius 1 is 0.667 bits per heavy atom. The SMILES string of the molecule is CC(C)Oc1cc(CNCCCNCCCN)cc(CNCCCNCCCN)c1. The Kier molecular flexibility index (Phi) is 16.6. The molecule has 0 bridgehead atoms. The van der Waals surface area contributed by atoms with Gasteiger partial charge in [0, 0.05) is 13.1 Å². The van der Waals surface area contributed by atoms with Gasteiger partial charge in [-0.1, -0.05) is 6.07 Å². The fourth-order valence-electron chi connectivity index (χ4n) is 3.12. The van der Waals surface area contributed by atoms with E-state index >= 15 is 0 Å². The average Bonchev–Trinajstić information content (AvgIpc) is 2.71. The van der Waals surface area contributed by atoms with E-state index < -0.39 is 0 Å². The lowest BCUT2D eigenvalue weighted by Crippen LogP contribution is -2.24. The number of ether oxygens (including phenoxy) is 1. The highest BCUT2D eigenvalue weighted by Crippen LogP contribution is 2.19. The van der Waals surface area contributed by atoms with Crippen molar-refractivity contribution in [3.05, 3.63) is 29.3 Å². The van der Waals surface area contributed by atoms with Gasteiger partial charge in [0.1, 0.15) is 5.75 Å². The molecule has 0 amide bonds. The minimum atomic E-state index is 0.174. The van der Waals surface area contributed by atoms with Crippen molar-refractivity contribution >= 4 is 0 Å². The quantitative estimate of drug-likeness (QED) is 0.176. The van der Waals surface area contributed by atoms with Crippen molar-refractivity contribution in [3.8, 4) is 5.75 Å². The van der Waals surface area contributed by atoms with Crippen LogP contribution in [-0.4, -0.2) is 58.5 Å². The Hall–Kier alpha value is -1.22. The first kappa shape index (κ1) is 26.8. The fourth-order valence-corrected chi connectivity index (χ4v) is 3.12. The average molecular weight is 423 g/mol. The van der Waals surface area contributed by atoms with E-state index in [0.29, 0.717) is 0 Å². The summed E-state index contributed by atoms with van der Waals surface area (Å²) in [6.45, 7) is 13.4. The van der Waals surface area contributed by atoms with Crippen molar-refractivity contribution < 1.29 is 4.74 Å². The van der Waals surface area contributed by atoms with Gasteiger partial charge in [0.05, 0.1) is 6.10 Å². The highest BCUT2D eigenvalue weighted by Gasteiger charge is 2.05. The van der Waals surface area contributed by atoms with E-state index in [4.69, 9.17) is 16.2 Å². The molecule has 1 aromatic rings. The summed E-state index contributed by atoms with van der Waals surface area (Å²) in [5, 5.41) is 13.9. The Balaban J connectivity index is 2.36. The van der Waals surface area contributed by atoms with Crippen LogP contribution in [0.3, 0.4) is 0 Å². The summed E-state index contributed by atoms with van der Waals surface area (Å²) >= 11 is 0. The summed E-state index contributed by atoms with van der Waals surface area (Å²) in [4.78, 5) is 0. The van der Waals surface area contributed by atoms with E-state index in [1.165, 1.54) is 11.1 Å². The van der Waals surface area contributed by atoms with Crippen molar-refractivity contribution in [2.24, 2.45) is 11.5 Å². The Morgan fingerprint density at radius 3 is 1.53 bits per heavy atom. The second-order valence-corrected chi connectivity index (χ2v) is 8.00. The smallest absolute Gasteiger partial charge is 0.120 e. The molecule has 1 rings (SSSR count). The van der Waals surface area contributed by atoms with Crippen LogP contribution in [0.15, 0.2) is 18.2 Å². The standard InChI is InChI=1S/C23H46N6O/c1-20(2)30-23-16-21(18-28-13-5-11-26-9-3-7-24)15-22(17-23)19-29-14-6-12-27-10-4-8-25/h15-17,20,26-29H,3-14,18-19,24-25H2,1-2H3. The van der Waals surface area contributed by atoms with Crippen LogP contribution >= 0.6 is 0 Å². The van der Waals surface area contributed by atoms with Crippen molar-refractivity contribution in [2.45, 2.75) is 58.7 Å². The second-order valence-electron chi connectivity index (χ2n) is 8.00. The van der Waals surface area contributed by atoms with Gasteiger partial charge in [-0.05, 0) is 115 Å². The molecule has 0 fully saturated rings. The van der Waals surface area contributed by atoms with Gasteiger partial charge in [-0.15, -0.1) is 0 Å². The maximum Gasteiger partial charge on any atom is 0.120 e. The molecule has 8 N–H and O–H groups in total. The topological polar surface area (TPSA) is 109 Å². The van der Waals surface area contributed by atoms with Gasteiger partial charge in [0.15, 0.2) is 0 Å². The first-order valence-electron chi connectivity index (χ1n) is 11.7. The molecule has 7 heteroatoms. The van der Waals surface area contributed by atoms with Crippen LogP contribution in [0.5, 0.6) is 5.75 Å². The van der Waals surface area contributed by atoms with Crippen LogP contribution in [0.25, 0.3) is 0 Å². The predicted molar refractivity (Wildman–Crippen MR) is 128 cm³/mol. The van der Waals surface area contributed by atoms with Crippen molar-refractivity contribution in [1.82, 2.24) is 21.3 Å². The Bertz CT molecular complexity index is 488. The first-order chi connectivity index (χ1) is 14.7. The monoisotopic (exact) mass is 422 g/mol. The number of nitrogens with one attached hydrogen (secondary N) is 4. The molecule has 0 heterocycles. The van der Waals surface area contributed by atoms with Crippen LogP contribution in [0.4, 0.5) is 0 Å². The number of rotatable bonds is 20. The molecular weight excluding hydrogens is 376 g/mol. The summed E-state index contributed by atoms with van der Waals surface area (Å²) in [5.41, 5.74) is 13.5. The van der Waals surface area contributed by atoms with Gasteiger partial charge in [-0.25, -0.2) is 0 Å². The lowest BCUT2D eigenvalue weighted by atomic mass is 10.1. The van der Waals surface area contributed by atoms with E-state index in [1.807, 2.05) is 0 Å². The van der Waals surface area contributed by atoms with Crippen LogP contribution in [0.2, 0.25) is 0 Å². The molecule has 0 aliphatic rings. The highest BCUT2D eigenvalue weighted by molar-refractivity contribution is 5.34. The number of benzene rings is 1. The van der Waals surface area contributed by atoms with E-state index in [1.54, 1.807) is 0 Å². The number of hydrogen-bond acceptors (Lipinski definition) is 7. The van der Waals surface area contributed by atoms with Crippen LogP contribution < -0.4 is 37.5 Å². The molecule has 7 nitrogen and oxygen atoms in total. The second kappa shape index (κ2) is 18.5. The fraction of sp³-hybridized carbons (Fsp3) is 0.739. The third-order valence-electron chi connectivity index (χ3n) is 4.59. The van der Waals surface area contributed by atoms with E-state index in [0.717, 1.165) is 96.9 Å². The van der Waals surface area contributed by atoms with Crippen LogP contribution in [0.1, 0.15) is 50.7 Å². The largest absolute Gasteiger partial charge is 0.491 e. The van der Waals surface area contributed by atoms with Gasteiger partial charge in [0.25, 0.3) is 0 Å². The van der Waals surface area contributed by atoms with Gasteiger partial charge in [-0.3, -0.25) is 0 Å². The molecule has 0 unspecified atom stereocenters. The third kappa shape index (κ3) is 14.7. The normalized spacial score (nSPS) is 11.4. The molecule has 0 saturated carbocycles. The maximum atomic E-state index is 5.96. The molecule has 0 aromatic heterocycles. The van der Waals surface area contributed by atoms with Crippen molar-refractivity contribution in [1.29, 1.82) is 0 Å². The molecule has 0 radical (unpaired) electrons. The molecule has 174 valence electrons. The summed E-state index contributed by atoms with van der Waals surface area (Å²) in [6.07, 6.45) is 4.48. The zero-order valence-electron chi connectivity index (χ0n) is 19.3.